The summed E-state index contributed by atoms with van der Waals surface area (Å²) in [7, 11) is 0. The van der Waals surface area contributed by atoms with E-state index in [-0.39, 0.29) is 17.3 Å². The van der Waals surface area contributed by atoms with Crippen molar-refractivity contribution in [3.63, 3.8) is 0 Å². The SMILES string of the molecule is C=C[C@]1(C)CCC(C(C)C)C(=O)C1C(=C)C. The van der Waals surface area contributed by atoms with Crippen LogP contribution in [0.3, 0.4) is 0 Å². The second kappa shape index (κ2) is 4.57. The Bertz CT molecular complexity index is 313. The van der Waals surface area contributed by atoms with E-state index in [1.165, 1.54) is 0 Å². The topological polar surface area (TPSA) is 17.1 Å². The third-order valence-electron chi connectivity index (χ3n) is 4.07. The monoisotopic (exact) mass is 220 g/mol. The summed E-state index contributed by atoms with van der Waals surface area (Å²) in [6.07, 6.45) is 3.98. The van der Waals surface area contributed by atoms with Crippen LogP contribution in [-0.2, 0) is 4.79 Å². The van der Waals surface area contributed by atoms with Gasteiger partial charge in [0.2, 0.25) is 0 Å². The van der Waals surface area contributed by atoms with Crippen LogP contribution in [0.15, 0.2) is 24.8 Å². The zero-order valence-electron chi connectivity index (χ0n) is 11.0. The number of rotatable bonds is 3. The van der Waals surface area contributed by atoms with E-state index >= 15 is 0 Å². The van der Waals surface area contributed by atoms with Gasteiger partial charge in [-0.2, -0.15) is 0 Å². The Morgan fingerprint density at radius 1 is 1.56 bits per heavy atom. The van der Waals surface area contributed by atoms with E-state index in [4.69, 9.17) is 0 Å². The second-order valence-corrected chi connectivity index (χ2v) is 5.78. The molecule has 0 aromatic carbocycles. The average molecular weight is 220 g/mol. The fourth-order valence-electron chi connectivity index (χ4n) is 2.98. The van der Waals surface area contributed by atoms with Gasteiger partial charge in [0.15, 0.2) is 0 Å². The quantitative estimate of drug-likeness (QED) is 0.657. The van der Waals surface area contributed by atoms with Gasteiger partial charge in [-0.25, -0.2) is 0 Å². The zero-order chi connectivity index (χ0) is 12.5. The lowest BCUT2D eigenvalue weighted by Crippen LogP contribution is -2.43. The van der Waals surface area contributed by atoms with Gasteiger partial charge in [0.05, 0.1) is 0 Å². The van der Waals surface area contributed by atoms with Crippen LogP contribution in [0.2, 0.25) is 0 Å². The molecule has 1 fully saturated rings. The molecule has 1 nitrogen and oxygen atoms in total. The van der Waals surface area contributed by atoms with Crippen LogP contribution in [0.1, 0.15) is 40.5 Å². The maximum atomic E-state index is 12.5. The van der Waals surface area contributed by atoms with Crippen LogP contribution in [-0.4, -0.2) is 5.78 Å². The summed E-state index contributed by atoms with van der Waals surface area (Å²) >= 11 is 0. The van der Waals surface area contributed by atoms with Gasteiger partial charge in [-0.15, -0.1) is 6.58 Å². The highest BCUT2D eigenvalue weighted by Crippen LogP contribution is 2.46. The summed E-state index contributed by atoms with van der Waals surface area (Å²) < 4.78 is 0. The van der Waals surface area contributed by atoms with E-state index in [1.807, 2.05) is 13.0 Å². The molecule has 0 aromatic heterocycles. The summed E-state index contributed by atoms with van der Waals surface area (Å²) in [5.41, 5.74) is 0.895. The van der Waals surface area contributed by atoms with E-state index in [1.54, 1.807) is 0 Å². The first kappa shape index (κ1) is 13.2. The van der Waals surface area contributed by atoms with Crippen LogP contribution in [0.5, 0.6) is 0 Å². The van der Waals surface area contributed by atoms with Gasteiger partial charge >= 0.3 is 0 Å². The Balaban J connectivity index is 3.06. The normalized spacial score (nSPS) is 35.2. The minimum atomic E-state index is -0.0890. The molecule has 0 saturated heterocycles. The number of hydrogen-bond donors (Lipinski definition) is 0. The molecule has 16 heavy (non-hydrogen) atoms. The Kier molecular flexibility index (Phi) is 3.77. The van der Waals surface area contributed by atoms with E-state index in [9.17, 15) is 4.79 Å². The number of Topliss-reactive ketones (excluding diaryl/α,β-unsaturated/α-hetero) is 1. The molecule has 1 aliphatic rings. The summed E-state index contributed by atoms with van der Waals surface area (Å²) in [5.74, 6) is 0.973. The number of carbonyl (C=O) groups is 1. The lowest BCUT2D eigenvalue weighted by Gasteiger charge is -2.43. The molecule has 0 bridgehead atoms. The van der Waals surface area contributed by atoms with Gasteiger partial charge in [-0.3, -0.25) is 4.79 Å². The van der Waals surface area contributed by atoms with Gasteiger partial charge in [-0.05, 0) is 31.1 Å². The molecule has 0 radical (unpaired) electrons. The standard InChI is InChI=1S/C15H24O/c1-7-15(6)9-8-12(10(2)3)14(16)13(15)11(4)5/h7,10,12-13H,1,4,8-9H2,2-3,5-6H3/t12?,13?,15-/m1/s1. The highest BCUT2D eigenvalue weighted by Gasteiger charge is 2.45. The van der Waals surface area contributed by atoms with Gasteiger partial charge in [-0.1, -0.05) is 39.0 Å². The lowest BCUT2D eigenvalue weighted by molar-refractivity contribution is -0.133. The van der Waals surface area contributed by atoms with E-state index < -0.39 is 0 Å². The predicted molar refractivity (Wildman–Crippen MR) is 69.2 cm³/mol. The third kappa shape index (κ3) is 2.14. The van der Waals surface area contributed by atoms with E-state index in [0.29, 0.717) is 11.7 Å². The van der Waals surface area contributed by atoms with Crippen molar-refractivity contribution < 1.29 is 4.79 Å². The first-order chi connectivity index (χ1) is 7.33. The summed E-state index contributed by atoms with van der Waals surface area (Å²) in [5, 5.41) is 0. The van der Waals surface area contributed by atoms with Crippen molar-refractivity contribution in [1.82, 2.24) is 0 Å². The highest BCUT2D eigenvalue weighted by atomic mass is 16.1. The predicted octanol–water partition coefficient (Wildman–Crippen LogP) is 4.01. The molecule has 1 rings (SSSR count). The van der Waals surface area contributed by atoms with Crippen LogP contribution >= 0.6 is 0 Å². The molecule has 0 heterocycles. The van der Waals surface area contributed by atoms with Crippen molar-refractivity contribution >= 4 is 5.78 Å². The van der Waals surface area contributed by atoms with Gasteiger partial charge < -0.3 is 0 Å². The van der Waals surface area contributed by atoms with Crippen molar-refractivity contribution in [2.45, 2.75) is 40.5 Å². The van der Waals surface area contributed by atoms with Crippen molar-refractivity contribution in [1.29, 1.82) is 0 Å². The first-order valence-corrected chi connectivity index (χ1v) is 6.16. The molecule has 0 amide bonds. The summed E-state index contributed by atoms with van der Waals surface area (Å²) in [6, 6.07) is 0. The Morgan fingerprint density at radius 3 is 2.50 bits per heavy atom. The Morgan fingerprint density at radius 2 is 2.12 bits per heavy atom. The summed E-state index contributed by atoms with van der Waals surface area (Å²) in [6.45, 7) is 16.3. The zero-order valence-corrected chi connectivity index (χ0v) is 11.0. The van der Waals surface area contributed by atoms with Gasteiger partial charge in [0.25, 0.3) is 0 Å². The molecule has 90 valence electrons. The van der Waals surface area contributed by atoms with Crippen LogP contribution in [0.4, 0.5) is 0 Å². The van der Waals surface area contributed by atoms with Gasteiger partial charge in [0.1, 0.15) is 5.78 Å². The maximum Gasteiger partial charge on any atom is 0.144 e. The minimum Gasteiger partial charge on any atom is -0.299 e. The first-order valence-electron chi connectivity index (χ1n) is 6.16. The number of hydrogen-bond acceptors (Lipinski definition) is 1. The van der Waals surface area contributed by atoms with Crippen molar-refractivity contribution in [2.24, 2.45) is 23.2 Å². The molecule has 0 aromatic rings. The van der Waals surface area contributed by atoms with Crippen molar-refractivity contribution in [2.75, 3.05) is 0 Å². The van der Waals surface area contributed by atoms with Crippen molar-refractivity contribution in [3.05, 3.63) is 24.8 Å². The average Bonchev–Trinajstić information content (AvgIpc) is 2.16. The fourth-order valence-corrected chi connectivity index (χ4v) is 2.98. The molecular formula is C15H24O. The van der Waals surface area contributed by atoms with Crippen LogP contribution in [0, 0.1) is 23.2 Å². The minimum absolute atomic E-state index is 0.0360. The number of carbonyl (C=O) groups excluding carboxylic acids is 1. The molecule has 1 saturated carbocycles. The molecule has 2 unspecified atom stereocenters. The number of allylic oxidation sites excluding steroid dienone is 2. The molecule has 1 aliphatic carbocycles. The number of ketones is 1. The molecular weight excluding hydrogens is 196 g/mol. The molecule has 3 atom stereocenters. The molecule has 0 spiro atoms. The fraction of sp³-hybridized carbons (Fsp3) is 0.667. The van der Waals surface area contributed by atoms with Crippen LogP contribution in [0.25, 0.3) is 0 Å². The molecule has 1 heteroatoms. The Labute approximate surface area is 99.6 Å². The summed E-state index contributed by atoms with van der Waals surface area (Å²) in [4.78, 5) is 12.5. The largest absolute Gasteiger partial charge is 0.299 e. The Hall–Kier alpha value is -0.850. The van der Waals surface area contributed by atoms with Crippen LogP contribution < -0.4 is 0 Å². The van der Waals surface area contributed by atoms with Crippen molar-refractivity contribution in [3.8, 4) is 0 Å². The molecule has 0 aliphatic heterocycles. The van der Waals surface area contributed by atoms with Gasteiger partial charge in [0, 0.05) is 11.8 Å². The smallest absolute Gasteiger partial charge is 0.144 e. The second-order valence-electron chi connectivity index (χ2n) is 5.78. The van der Waals surface area contributed by atoms with E-state index in [2.05, 4.69) is 33.9 Å². The van der Waals surface area contributed by atoms with E-state index in [0.717, 1.165) is 18.4 Å². The molecule has 0 N–H and O–H groups in total. The third-order valence-corrected chi connectivity index (χ3v) is 4.07. The highest BCUT2D eigenvalue weighted by molar-refractivity contribution is 5.88. The maximum absolute atomic E-state index is 12.5. The lowest BCUT2D eigenvalue weighted by atomic mass is 9.60.